The number of halogens is 2. The van der Waals surface area contributed by atoms with E-state index in [4.69, 9.17) is 14.2 Å². The molecule has 1 aromatic heterocycles. The van der Waals surface area contributed by atoms with Crippen LogP contribution in [0.25, 0.3) is 0 Å². The molecule has 0 aliphatic carbocycles. The standard InChI is InChI=1S/C19H18BrFN4O3/c1-26-16-7-13(20)14(8-17(16)27-2)22-19-24-23-18-10-28-9-15(25(18)19)11-3-5-12(21)6-4-11/h3-8,15H,9-10H2,1-2H3,(H,22,24)/t15-/m0/s1. The maximum Gasteiger partial charge on any atom is 0.229 e. The third-order valence-electron chi connectivity index (χ3n) is 4.56. The van der Waals surface area contributed by atoms with Gasteiger partial charge in [0.2, 0.25) is 5.95 Å². The molecule has 1 aliphatic heterocycles. The van der Waals surface area contributed by atoms with Gasteiger partial charge >= 0.3 is 0 Å². The molecule has 0 saturated carbocycles. The molecule has 4 rings (SSSR count). The fraction of sp³-hybridized carbons (Fsp3) is 0.263. The summed E-state index contributed by atoms with van der Waals surface area (Å²) in [6.07, 6.45) is 0. The van der Waals surface area contributed by atoms with Crippen LogP contribution in [-0.2, 0) is 11.3 Å². The van der Waals surface area contributed by atoms with Crippen molar-refractivity contribution in [3.63, 3.8) is 0 Å². The molecule has 0 radical (unpaired) electrons. The van der Waals surface area contributed by atoms with Crippen LogP contribution in [0.15, 0.2) is 40.9 Å². The summed E-state index contributed by atoms with van der Waals surface area (Å²) in [6.45, 7) is 0.804. The largest absolute Gasteiger partial charge is 0.493 e. The maximum atomic E-state index is 13.3. The van der Waals surface area contributed by atoms with Crippen LogP contribution in [0.1, 0.15) is 17.4 Å². The van der Waals surface area contributed by atoms with E-state index in [1.54, 1.807) is 26.4 Å². The van der Waals surface area contributed by atoms with E-state index in [9.17, 15) is 4.39 Å². The SMILES string of the molecule is COc1cc(Br)c(Nc2nnc3n2[C@H](c2ccc(F)cc2)COC3)cc1OC. The van der Waals surface area contributed by atoms with E-state index < -0.39 is 0 Å². The molecule has 2 heterocycles. The van der Waals surface area contributed by atoms with Crippen LogP contribution >= 0.6 is 15.9 Å². The summed E-state index contributed by atoms with van der Waals surface area (Å²) < 4.78 is 32.4. The van der Waals surface area contributed by atoms with Gasteiger partial charge in [0.15, 0.2) is 17.3 Å². The second-order valence-electron chi connectivity index (χ2n) is 6.20. The molecule has 0 unspecified atom stereocenters. The maximum absolute atomic E-state index is 13.3. The van der Waals surface area contributed by atoms with Crippen LogP contribution in [-0.4, -0.2) is 35.6 Å². The molecule has 9 heteroatoms. The molecule has 0 amide bonds. The van der Waals surface area contributed by atoms with Gasteiger partial charge in [-0.3, -0.25) is 4.57 Å². The van der Waals surface area contributed by atoms with Crippen molar-refractivity contribution in [2.45, 2.75) is 12.6 Å². The Morgan fingerprint density at radius 1 is 1.14 bits per heavy atom. The number of aromatic nitrogens is 3. The number of fused-ring (bicyclic) bond motifs is 1. The Labute approximate surface area is 169 Å². The molecule has 1 atom stereocenters. The summed E-state index contributed by atoms with van der Waals surface area (Å²) in [4.78, 5) is 0. The van der Waals surface area contributed by atoms with Gasteiger partial charge in [0, 0.05) is 16.6 Å². The molecule has 146 valence electrons. The number of methoxy groups -OCH3 is 2. The van der Waals surface area contributed by atoms with Gasteiger partial charge in [0.05, 0.1) is 32.6 Å². The number of hydrogen-bond acceptors (Lipinski definition) is 6. The van der Waals surface area contributed by atoms with Crippen molar-refractivity contribution in [3.05, 3.63) is 58.1 Å². The Balaban J connectivity index is 1.71. The Hall–Kier alpha value is -2.65. The first-order chi connectivity index (χ1) is 13.6. The van der Waals surface area contributed by atoms with E-state index in [1.165, 1.54) is 12.1 Å². The van der Waals surface area contributed by atoms with Gasteiger partial charge in [-0.2, -0.15) is 0 Å². The predicted octanol–water partition coefficient (Wildman–Crippen LogP) is 4.06. The average molecular weight is 449 g/mol. The van der Waals surface area contributed by atoms with Crippen molar-refractivity contribution in [1.29, 1.82) is 0 Å². The molecule has 0 saturated heterocycles. The second kappa shape index (κ2) is 7.76. The highest BCUT2D eigenvalue weighted by Gasteiger charge is 2.27. The number of nitrogens with one attached hydrogen (secondary N) is 1. The van der Waals surface area contributed by atoms with Crippen molar-refractivity contribution in [1.82, 2.24) is 14.8 Å². The molecule has 0 fully saturated rings. The molecule has 2 aromatic carbocycles. The topological polar surface area (TPSA) is 70.4 Å². The van der Waals surface area contributed by atoms with Crippen LogP contribution in [0.5, 0.6) is 11.5 Å². The lowest BCUT2D eigenvalue weighted by Gasteiger charge is -2.27. The summed E-state index contributed by atoms with van der Waals surface area (Å²) in [7, 11) is 3.16. The van der Waals surface area contributed by atoms with Crippen LogP contribution in [0.4, 0.5) is 16.0 Å². The first kappa shape index (κ1) is 18.7. The first-order valence-electron chi connectivity index (χ1n) is 8.56. The third-order valence-corrected chi connectivity index (χ3v) is 5.22. The number of ether oxygens (including phenoxy) is 3. The Morgan fingerprint density at radius 2 is 1.86 bits per heavy atom. The third kappa shape index (κ3) is 3.43. The quantitative estimate of drug-likeness (QED) is 0.634. The normalized spacial score (nSPS) is 15.8. The number of anilines is 2. The van der Waals surface area contributed by atoms with Crippen molar-refractivity contribution >= 4 is 27.6 Å². The highest BCUT2D eigenvalue weighted by molar-refractivity contribution is 9.10. The van der Waals surface area contributed by atoms with Crippen molar-refractivity contribution in [2.75, 3.05) is 26.1 Å². The summed E-state index contributed by atoms with van der Waals surface area (Å²) >= 11 is 3.54. The lowest BCUT2D eigenvalue weighted by molar-refractivity contribution is 0.0670. The zero-order valence-electron chi connectivity index (χ0n) is 15.3. The molecule has 28 heavy (non-hydrogen) atoms. The van der Waals surface area contributed by atoms with Crippen LogP contribution in [0.2, 0.25) is 0 Å². The summed E-state index contributed by atoms with van der Waals surface area (Å²) in [6, 6.07) is 9.83. The molecule has 0 bridgehead atoms. The van der Waals surface area contributed by atoms with Crippen molar-refractivity contribution in [2.24, 2.45) is 0 Å². The number of rotatable bonds is 5. The fourth-order valence-corrected chi connectivity index (χ4v) is 3.59. The number of benzene rings is 2. The predicted molar refractivity (Wildman–Crippen MR) is 105 cm³/mol. The first-order valence-corrected chi connectivity index (χ1v) is 9.35. The molecule has 0 spiro atoms. The molecule has 3 aromatic rings. The summed E-state index contributed by atoms with van der Waals surface area (Å²) in [5.74, 6) is 2.17. The Kier molecular flexibility index (Phi) is 5.19. The highest BCUT2D eigenvalue weighted by atomic mass is 79.9. The Bertz CT molecular complexity index is 994. The minimum atomic E-state index is -0.280. The molecule has 1 N–H and O–H groups in total. The minimum absolute atomic E-state index is 0.166. The number of hydrogen-bond donors (Lipinski definition) is 1. The van der Waals surface area contributed by atoms with Crippen LogP contribution in [0, 0.1) is 5.82 Å². The smallest absolute Gasteiger partial charge is 0.229 e. The van der Waals surface area contributed by atoms with Gasteiger partial charge in [0.25, 0.3) is 0 Å². The average Bonchev–Trinajstić information content (AvgIpc) is 3.13. The lowest BCUT2D eigenvalue weighted by Crippen LogP contribution is -2.25. The highest BCUT2D eigenvalue weighted by Crippen LogP contribution is 2.38. The monoisotopic (exact) mass is 448 g/mol. The van der Waals surface area contributed by atoms with Crippen LogP contribution < -0.4 is 14.8 Å². The van der Waals surface area contributed by atoms with Gasteiger partial charge in [0.1, 0.15) is 12.4 Å². The summed E-state index contributed by atoms with van der Waals surface area (Å²) in [5.41, 5.74) is 1.66. The van der Waals surface area contributed by atoms with Gasteiger partial charge in [-0.15, -0.1) is 10.2 Å². The van der Waals surface area contributed by atoms with E-state index in [-0.39, 0.29) is 11.9 Å². The lowest BCUT2D eigenvalue weighted by atomic mass is 10.1. The fourth-order valence-electron chi connectivity index (χ4n) is 3.17. The van der Waals surface area contributed by atoms with Crippen LogP contribution in [0.3, 0.4) is 0 Å². The minimum Gasteiger partial charge on any atom is -0.493 e. The van der Waals surface area contributed by atoms with E-state index in [1.807, 2.05) is 16.7 Å². The van der Waals surface area contributed by atoms with Crippen molar-refractivity contribution in [3.8, 4) is 11.5 Å². The summed E-state index contributed by atoms with van der Waals surface area (Å²) in [5, 5.41) is 11.8. The van der Waals surface area contributed by atoms with Gasteiger partial charge in [-0.1, -0.05) is 12.1 Å². The zero-order valence-corrected chi connectivity index (χ0v) is 16.9. The van der Waals surface area contributed by atoms with E-state index in [0.717, 1.165) is 15.7 Å². The van der Waals surface area contributed by atoms with E-state index in [2.05, 4.69) is 31.4 Å². The second-order valence-corrected chi connectivity index (χ2v) is 7.06. The molecular weight excluding hydrogens is 431 g/mol. The number of nitrogens with zero attached hydrogens (tertiary/aromatic N) is 3. The van der Waals surface area contributed by atoms with Crippen molar-refractivity contribution < 1.29 is 18.6 Å². The van der Waals surface area contributed by atoms with Gasteiger partial charge in [-0.25, -0.2) is 4.39 Å². The van der Waals surface area contributed by atoms with E-state index >= 15 is 0 Å². The molecular formula is C19H18BrFN4O3. The molecule has 7 nitrogen and oxygen atoms in total. The zero-order chi connectivity index (χ0) is 19.7. The van der Waals surface area contributed by atoms with Gasteiger partial charge in [-0.05, 0) is 33.6 Å². The Morgan fingerprint density at radius 3 is 2.57 bits per heavy atom. The van der Waals surface area contributed by atoms with Gasteiger partial charge < -0.3 is 19.5 Å². The van der Waals surface area contributed by atoms with E-state index in [0.29, 0.717) is 36.5 Å². The molecule has 1 aliphatic rings.